The molecule has 1 aromatic carbocycles. The third-order valence-electron chi connectivity index (χ3n) is 7.30. The molecule has 1 saturated heterocycles. The number of nitrogens with zero attached hydrogens (tertiary/aromatic N) is 2. The van der Waals surface area contributed by atoms with E-state index in [-0.39, 0.29) is 35.7 Å². The largest absolute Gasteiger partial charge is 0.383 e. The van der Waals surface area contributed by atoms with Crippen LogP contribution in [0.5, 0.6) is 0 Å². The van der Waals surface area contributed by atoms with E-state index in [4.69, 9.17) is 4.74 Å². The van der Waals surface area contributed by atoms with E-state index < -0.39 is 0 Å². The molecule has 2 aliphatic heterocycles. The van der Waals surface area contributed by atoms with Gasteiger partial charge in [0.1, 0.15) is 0 Å². The van der Waals surface area contributed by atoms with Gasteiger partial charge in [-0.05, 0) is 44.7 Å². The van der Waals surface area contributed by atoms with Gasteiger partial charge in [0.2, 0.25) is 5.91 Å². The van der Waals surface area contributed by atoms with Gasteiger partial charge in [0.05, 0.1) is 29.3 Å². The third kappa shape index (κ3) is 5.08. The Morgan fingerprint density at radius 2 is 1.79 bits per heavy atom. The van der Waals surface area contributed by atoms with Gasteiger partial charge in [-0.25, -0.2) is 0 Å². The number of carbonyl (C=O) groups excluding carboxylic acids is 3. The van der Waals surface area contributed by atoms with E-state index in [9.17, 15) is 14.4 Å². The van der Waals surface area contributed by atoms with Gasteiger partial charge in [0.15, 0.2) is 0 Å². The van der Waals surface area contributed by atoms with Crippen molar-refractivity contribution in [3.63, 3.8) is 0 Å². The van der Waals surface area contributed by atoms with Crippen LogP contribution in [-0.4, -0.2) is 61.5 Å². The van der Waals surface area contributed by atoms with Crippen molar-refractivity contribution in [1.29, 1.82) is 0 Å². The van der Waals surface area contributed by atoms with Crippen LogP contribution in [0.2, 0.25) is 0 Å². The van der Waals surface area contributed by atoms with E-state index in [2.05, 4.69) is 10.2 Å². The molecule has 0 aromatic heterocycles. The molecule has 0 radical (unpaired) electrons. The molecule has 1 aromatic rings. The van der Waals surface area contributed by atoms with Crippen molar-refractivity contribution in [2.45, 2.75) is 76.8 Å². The Hall–Kier alpha value is -2.41. The van der Waals surface area contributed by atoms with Gasteiger partial charge in [0, 0.05) is 32.3 Å². The summed E-state index contributed by atoms with van der Waals surface area (Å²) in [6.07, 6.45) is 9.19. The van der Waals surface area contributed by atoms with Crippen LogP contribution >= 0.6 is 0 Å². The van der Waals surface area contributed by atoms with E-state index >= 15 is 0 Å². The molecule has 0 bridgehead atoms. The first kappa shape index (κ1) is 23.7. The number of benzene rings is 1. The Morgan fingerprint density at radius 3 is 2.52 bits per heavy atom. The standard InChI is InChI=1S/C26H37N3O4/c1-18(17-33-2)27-24(30)19-10-9-15-28(16-19)22-14-8-13-21-23(22)26(32)29(25(21)31)20-11-6-4-3-5-7-12-20/h8,13-14,18-20H,3-7,9-12,15-17H2,1-2H3,(H,27,30)/t18-,19-/m0/s1. The molecule has 7 heteroatoms. The molecule has 0 spiro atoms. The molecule has 0 unspecified atom stereocenters. The first-order valence-corrected chi connectivity index (χ1v) is 12.6. The SMILES string of the molecule is COC[C@H](C)NC(=O)[C@H]1CCCN(c2cccc3c2C(=O)N(C2CCCCCCC2)C3=O)C1. The molecule has 3 aliphatic rings. The highest BCUT2D eigenvalue weighted by atomic mass is 16.5. The van der Waals surface area contributed by atoms with Crippen molar-refractivity contribution >= 4 is 23.4 Å². The summed E-state index contributed by atoms with van der Waals surface area (Å²) in [6.45, 7) is 3.73. The zero-order valence-corrected chi connectivity index (χ0v) is 20.0. The van der Waals surface area contributed by atoms with Crippen molar-refractivity contribution in [2.75, 3.05) is 31.7 Å². The van der Waals surface area contributed by atoms with Crippen molar-refractivity contribution in [2.24, 2.45) is 5.92 Å². The lowest BCUT2D eigenvalue weighted by molar-refractivity contribution is -0.126. The minimum absolute atomic E-state index is 0.00676. The average molecular weight is 456 g/mol. The summed E-state index contributed by atoms with van der Waals surface area (Å²) in [5, 5.41) is 3.03. The van der Waals surface area contributed by atoms with Gasteiger partial charge in [-0.3, -0.25) is 19.3 Å². The van der Waals surface area contributed by atoms with Crippen LogP contribution in [0.4, 0.5) is 5.69 Å². The maximum atomic E-state index is 13.6. The number of amides is 3. The predicted molar refractivity (Wildman–Crippen MR) is 127 cm³/mol. The number of piperidine rings is 1. The fourth-order valence-corrected chi connectivity index (χ4v) is 5.64. The van der Waals surface area contributed by atoms with E-state index in [0.29, 0.717) is 24.3 Å². The monoisotopic (exact) mass is 455 g/mol. The molecule has 2 heterocycles. The molecule has 7 nitrogen and oxygen atoms in total. The number of anilines is 1. The number of imide groups is 1. The quantitative estimate of drug-likeness (QED) is 0.661. The molecule has 2 fully saturated rings. The van der Waals surface area contributed by atoms with E-state index in [0.717, 1.165) is 50.8 Å². The van der Waals surface area contributed by atoms with Crippen LogP contribution in [0.1, 0.15) is 85.4 Å². The van der Waals surface area contributed by atoms with Crippen molar-refractivity contribution in [3.05, 3.63) is 29.3 Å². The second-order valence-electron chi connectivity index (χ2n) is 9.83. The summed E-state index contributed by atoms with van der Waals surface area (Å²) in [4.78, 5) is 43.4. The zero-order chi connectivity index (χ0) is 23.4. The maximum absolute atomic E-state index is 13.6. The lowest BCUT2D eigenvalue weighted by Gasteiger charge is -2.35. The highest BCUT2D eigenvalue weighted by Crippen LogP contribution is 2.36. The maximum Gasteiger partial charge on any atom is 0.263 e. The Labute approximate surface area is 196 Å². The molecular formula is C26H37N3O4. The molecule has 180 valence electrons. The number of methoxy groups -OCH3 is 1. The Bertz CT molecular complexity index is 878. The van der Waals surface area contributed by atoms with E-state index in [1.165, 1.54) is 19.3 Å². The van der Waals surface area contributed by atoms with Crippen LogP contribution in [0.25, 0.3) is 0 Å². The number of hydrogen-bond donors (Lipinski definition) is 1. The van der Waals surface area contributed by atoms with Gasteiger partial charge < -0.3 is 15.0 Å². The molecule has 1 saturated carbocycles. The molecule has 4 rings (SSSR count). The van der Waals surface area contributed by atoms with Crippen LogP contribution in [0.15, 0.2) is 18.2 Å². The van der Waals surface area contributed by atoms with E-state index in [1.54, 1.807) is 18.1 Å². The first-order valence-electron chi connectivity index (χ1n) is 12.6. The topological polar surface area (TPSA) is 79.0 Å². The van der Waals surface area contributed by atoms with Crippen LogP contribution in [0.3, 0.4) is 0 Å². The minimum Gasteiger partial charge on any atom is -0.383 e. The normalized spacial score (nSPS) is 23.2. The number of hydrogen-bond acceptors (Lipinski definition) is 5. The fraction of sp³-hybridized carbons (Fsp3) is 0.654. The summed E-state index contributed by atoms with van der Waals surface area (Å²) >= 11 is 0. The summed E-state index contributed by atoms with van der Waals surface area (Å²) in [5.41, 5.74) is 1.83. The highest BCUT2D eigenvalue weighted by Gasteiger charge is 2.42. The van der Waals surface area contributed by atoms with Gasteiger partial charge in [-0.1, -0.05) is 38.2 Å². The molecule has 1 aliphatic carbocycles. The number of rotatable bonds is 6. The van der Waals surface area contributed by atoms with Gasteiger partial charge in [0.25, 0.3) is 11.8 Å². The van der Waals surface area contributed by atoms with Gasteiger partial charge in [-0.15, -0.1) is 0 Å². The fourth-order valence-electron chi connectivity index (χ4n) is 5.64. The molecule has 3 amide bonds. The van der Waals surface area contributed by atoms with Crippen molar-refractivity contribution < 1.29 is 19.1 Å². The molecular weight excluding hydrogens is 418 g/mol. The first-order chi connectivity index (χ1) is 16.0. The summed E-state index contributed by atoms with van der Waals surface area (Å²) in [5.74, 6) is -0.434. The lowest BCUT2D eigenvalue weighted by atomic mass is 9.95. The van der Waals surface area contributed by atoms with Crippen LogP contribution in [0, 0.1) is 5.92 Å². The zero-order valence-electron chi connectivity index (χ0n) is 20.0. The summed E-state index contributed by atoms with van der Waals surface area (Å²) in [7, 11) is 1.62. The molecule has 33 heavy (non-hydrogen) atoms. The van der Waals surface area contributed by atoms with Gasteiger partial charge in [-0.2, -0.15) is 0 Å². The van der Waals surface area contributed by atoms with Crippen molar-refractivity contribution in [3.8, 4) is 0 Å². The second-order valence-corrected chi connectivity index (χ2v) is 9.83. The number of carbonyl (C=O) groups is 3. The summed E-state index contributed by atoms with van der Waals surface area (Å²) in [6, 6.07) is 5.52. The average Bonchev–Trinajstić information content (AvgIpc) is 3.04. The summed E-state index contributed by atoms with van der Waals surface area (Å²) < 4.78 is 5.13. The van der Waals surface area contributed by atoms with Gasteiger partial charge >= 0.3 is 0 Å². The second kappa shape index (κ2) is 10.7. The third-order valence-corrected chi connectivity index (χ3v) is 7.30. The lowest BCUT2D eigenvalue weighted by Crippen LogP contribution is -2.46. The number of nitrogens with one attached hydrogen (secondary N) is 1. The Morgan fingerprint density at radius 1 is 1.06 bits per heavy atom. The van der Waals surface area contributed by atoms with Crippen molar-refractivity contribution in [1.82, 2.24) is 10.2 Å². The van der Waals surface area contributed by atoms with Crippen LogP contribution in [-0.2, 0) is 9.53 Å². The predicted octanol–water partition coefficient (Wildman–Crippen LogP) is 3.76. The number of ether oxygens (including phenoxy) is 1. The molecule has 2 atom stereocenters. The Balaban J connectivity index is 1.53. The highest BCUT2D eigenvalue weighted by molar-refractivity contribution is 6.24. The smallest absolute Gasteiger partial charge is 0.263 e. The number of fused-ring (bicyclic) bond motifs is 1. The Kier molecular flexibility index (Phi) is 7.68. The van der Waals surface area contributed by atoms with E-state index in [1.807, 2.05) is 19.1 Å². The minimum atomic E-state index is -0.156. The molecule has 1 N–H and O–H groups in total. The van der Waals surface area contributed by atoms with Crippen LogP contribution < -0.4 is 10.2 Å².